The van der Waals surface area contributed by atoms with E-state index in [9.17, 15) is 24.3 Å². The van der Waals surface area contributed by atoms with Crippen molar-refractivity contribution in [2.45, 2.75) is 76.5 Å². The molecular weight excluding hydrogens is 460 g/mol. The summed E-state index contributed by atoms with van der Waals surface area (Å²) in [5, 5.41) is 26.2. The van der Waals surface area contributed by atoms with E-state index in [2.05, 4.69) is 20.9 Å². The van der Waals surface area contributed by atoms with E-state index in [1.807, 2.05) is 0 Å². The van der Waals surface area contributed by atoms with Crippen LogP contribution in [-0.2, 0) is 19.2 Å². The minimum atomic E-state index is -1.22. The molecule has 0 spiro atoms. The molecule has 0 saturated heterocycles. The lowest BCUT2D eigenvalue weighted by Gasteiger charge is -2.26. The summed E-state index contributed by atoms with van der Waals surface area (Å²) in [6.45, 7) is 3.47. The Kier molecular flexibility index (Phi) is 16.0. The van der Waals surface area contributed by atoms with Gasteiger partial charge in [-0.3, -0.25) is 19.4 Å². The van der Waals surface area contributed by atoms with Gasteiger partial charge in [0.25, 0.3) is 0 Å². The molecule has 0 saturated carbocycles. The standard InChI is InChI=1S/C21H42N8O6/c1-3-12(2)16(20(34)35)29-19(33)15(8-6-10-26-21(24)25)28-18(32)14(7-4-5-9-22)27-17(31)13(23)11-30/h12-16,30H,3-11,22-23H2,1-2H3,(H,27,31)(H,28,32)(H,29,33)(H,34,35)(H4,24,25,26). The Balaban J connectivity index is 5.63. The van der Waals surface area contributed by atoms with Gasteiger partial charge in [0.2, 0.25) is 17.7 Å². The van der Waals surface area contributed by atoms with Crippen molar-refractivity contribution in [1.29, 1.82) is 0 Å². The van der Waals surface area contributed by atoms with E-state index in [1.54, 1.807) is 13.8 Å². The smallest absolute Gasteiger partial charge is 0.326 e. The minimum Gasteiger partial charge on any atom is -0.480 e. The quantitative estimate of drug-likeness (QED) is 0.0523. The summed E-state index contributed by atoms with van der Waals surface area (Å²) in [6, 6.07) is -4.51. The molecule has 3 amide bonds. The number of guanidine groups is 1. The van der Waals surface area contributed by atoms with E-state index in [0.29, 0.717) is 32.2 Å². The summed E-state index contributed by atoms with van der Waals surface area (Å²) in [5.74, 6) is -3.73. The van der Waals surface area contributed by atoms with Crippen LogP contribution in [0, 0.1) is 5.92 Å². The van der Waals surface area contributed by atoms with E-state index >= 15 is 0 Å². The first-order valence-electron chi connectivity index (χ1n) is 11.7. The molecule has 5 unspecified atom stereocenters. The predicted octanol–water partition coefficient (Wildman–Crippen LogP) is -2.93. The number of carboxylic acids is 1. The van der Waals surface area contributed by atoms with Gasteiger partial charge >= 0.3 is 5.97 Å². The SMILES string of the molecule is CCC(C)C(NC(=O)C(CCCN=C(N)N)NC(=O)C(CCCCN)NC(=O)C(N)CO)C(=O)O. The van der Waals surface area contributed by atoms with Crippen molar-refractivity contribution in [3.05, 3.63) is 0 Å². The number of carbonyl (C=O) groups is 4. The molecule has 14 heteroatoms. The number of aliphatic imine (C=N–C) groups is 1. The highest BCUT2D eigenvalue weighted by Gasteiger charge is 2.31. The van der Waals surface area contributed by atoms with Gasteiger partial charge in [-0.15, -0.1) is 0 Å². The topological polar surface area (TPSA) is 261 Å². The first kappa shape index (κ1) is 32.0. The second kappa shape index (κ2) is 17.5. The van der Waals surface area contributed by atoms with Crippen LogP contribution in [0.4, 0.5) is 0 Å². The Morgan fingerprint density at radius 3 is 1.94 bits per heavy atom. The monoisotopic (exact) mass is 502 g/mol. The fraction of sp³-hybridized carbons (Fsp3) is 0.762. The zero-order valence-electron chi connectivity index (χ0n) is 20.5. The molecule has 0 aliphatic heterocycles. The van der Waals surface area contributed by atoms with E-state index in [-0.39, 0.29) is 31.3 Å². The fourth-order valence-corrected chi connectivity index (χ4v) is 3.10. The molecule has 0 aromatic heterocycles. The number of hydrogen-bond donors (Lipinski definition) is 9. The summed E-state index contributed by atoms with van der Waals surface area (Å²) in [5.41, 5.74) is 21.7. The van der Waals surface area contributed by atoms with Gasteiger partial charge in [0.05, 0.1) is 6.61 Å². The van der Waals surface area contributed by atoms with E-state index in [0.717, 1.165) is 0 Å². The molecule has 14 nitrogen and oxygen atoms in total. The van der Waals surface area contributed by atoms with Crippen LogP contribution >= 0.6 is 0 Å². The summed E-state index contributed by atoms with van der Waals surface area (Å²) >= 11 is 0. The average molecular weight is 503 g/mol. The Morgan fingerprint density at radius 2 is 1.46 bits per heavy atom. The molecular formula is C21H42N8O6. The van der Waals surface area contributed by atoms with E-state index in [4.69, 9.17) is 28.0 Å². The van der Waals surface area contributed by atoms with Crippen molar-refractivity contribution in [3.63, 3.8) is 0 Å². The highest BCUT2D eigenvalue weighted by Crippen LogP contribution is 2.10. The van der Waals surface area contributed by atoms with Crippen molar-refractivity contribution in [1.82, 2.24) is 16.0 Å². The normalized spacial score (nSPS) is 15.1. The molecule has 0 aliphatic carbocycles. The largest absolute Gasteiger partial charge is 0.480 e. The summed E-state index contributed by atoms with van der Waals surface area (Å²) < 4.78 is 0. The number of nitrogens with zero attached hydrogens (tertiary/aromatic N) is 1. The zero-order chi connectivity index (χ0) is 27.0. The van der Waals surface area contributed by atoms with Crippen LogP contribution < -0.4 is 38.9 Å². The first-order valence-corrected chi connectivity index (χ1v) is 11.7. The number of hydrogen-bond acceptors (Lipinski definition) is 8. The third-order valence-electron chi connectivity index (χ3n) is 5.47. The van der Waals surface area contributed by atoms with Gasteiger partial charge in [-0.1, -0.05) is 20.3 Å². The van der Waals surface area contributed by atoms with Gasteiger partial charge in [0.1, 0.15) is 24.2 Å². The summed E-state index contributed by atoms with van der Waals surface area (Å²) in [7, 11) is 0. The van der Waals surface area contributed by atoms with Crippen LogP contribution in [-0.4, -0.2) is 83.7 Å². The molecule has 0 rings (SSSR count). The van der Waals surface area contributed by atoms with Crippen LogP contribution in [0.2, 0.25) is 0 Å². The molecule has 0 bridgehead atoms. The lowest BCUT2D eigenvalue weighted by atomic mass is 9.98. The van der Waals surface area contributed by atoms with E-state index in [1.165, 1.54) is 0 Å². The Morgan fingerprint density at radius 1 is 0.914 bits per heavy atom. The predicted molar refractivity (Wildman–Crippen MR) is 131 cm³/mol. The number of nitrogens with one attached hydrogen (secondary N) is 3. The molecule has 5 atom stereocenters. The van der Waals surface area contributed by atoms with Crippen LogP contribution in [0.3, 0.4) is 0 Å². The van der Waals surface area contributed by atoms with Gasteiger partial charge in [-0.05, 0) is 44.6 Å². The number of nitrogens with two attached hydrogens (primary N) is 4. The van der Waals surface area contributed by atoms with Crippen LogP contribution in [0.25, 0.3) is 0 Å². The van der Waals surface area contributed by atoms with E-state index < -0.39 is 54.5 Å². The molecule has 202 valence electrons. The molecule has 0 radical (unpaired) electrons. The molecule has 0 aromatic carbocycles. The van der Waals surface area contributed by atoms with Crippen molar-refractivity contribution >= 4 is 29.7 Å². The van der Waals surface area contributed by atoms with Crippen LogP contribution in [0.5, 0.6) is 0 Å². The third-order valence-corrected chi connectivity index (χ3v) is 5.47. The summed E-state index contributed by atoms with van der Waals surface area (Å²) in [6.07, 6.45) is 2.28. The Bertz CT molecular complexity index is 716. The average Bonchev–Trinajstić information content (AvgIpc) is 2.81. The maximum Gasteiger partial charge on any atom is 0.326 e. The molecule has 0 heterocycles. The van der Waals surface area contributed by atoms with Gasteiger partial charge in [-0.2, -0.15) is 0 Å². The van der Waals surface area contributed by atoms with Crippen LogP contribution in [0.15, 0.2) is 4.99 Å². The lowest BCUT2D eigenvalue weighted by Crippen LogP contribution is -2.58. The molecule has 35 heavy (non-hydrogen) atoms. The number of aliphatic carboxylic acids is 1. The van der Waals surface area contributed by atoms with Gasteiger partial charge in [0.15, 0.2) is 5.96 Å². The van der Waals surface area contributed by atoms with Crippen molar-refractivity contribution in [3.8, 4) is 0 Å². The van der Waals surface area contributed by atoms with Gasteiger partial charge < -0.3 is 49.1 Å². The number of aliphatic hydroxyl groups is 1. The zero-order valence-corrected chi connectivity index (χ0v) is 20.5. The second-order valence-electron chi connectivity index (χ2n) is 8.35. The van der Waals surface area contributed by atoms with Crippen LogP contribution in [0.1, 0.15) is 52.4 Å². The van der Waals surface area contributed by atoms with Gasteiger partial charge in [-0.25, -0.2) is 4.79 Å². The number of rotatable bonds is 18. The molecule has 0 aromatic rings. The number of unbranched alkanes of at least 4 members (excludes halogenated alkanes) is 1. The maximum absolute atomic E-state index is 13.0. The number of amides is 3. The highest BCUT2D eigenvalue weighted by molar-refractivity contribution is 5.94. The Labute approximate surface area is 205 Å². The van der Waals surface area contributed by atoms with Crippen molar-refractivity contribution in [2.75, 3.05) is 19.7 Å². The lowest BCUT2D eigenvalue weighted by molar-refractivity contribution is -0.144. The third kappa shape index (κ3) is 12.9. The maximum atomic E-state index is 13.0. The number of carbonyl (C=O) groups excluding carboxylic acids is 3. The van der Waals surface area contributed by atoms with Crippen molar-refractivity contribution < 1.29 is 29.4 Å². The number of carboxylic acid groups (broad SMARTS) is 1. The highest BCUT2D eigenvalue weighted by atomic mass is 16.4. The van der Waals surface area contributed by atoms with Crippen molar-refractivity contribution in [2.24, 2.45) is 33.8 Å². The second-order valence-corrected chi connectivity index (χ2v) is 8.35. The van der Waals surface area contributed by atoms with Gasteiger partial charge in [0, 0.05) is 6.54 Å². The molecule has 0 fully saturated rings. The number of aliphatic hydroxyl groups excluding tert-OH is 1. The first-order chi connectivity index (χ1) is 16.5. The summed E-state index contributed by atoms with van der Waals surface area (Å²) in [4.78, 5) is 53.6. The molecule has 13 N–H and O–H groups in total. The molecule has 0 aliphatic rings. The minimum absolute atomic E-state index is 0.112. The Hall–Kier alpha value is -2.97. The fourth-order valence-electron chi connectivity index (χ4n) is 3.10.